The van der Waals surface area contributed by atoms with E-state index in [1.807, 2.05) is 31.2 Å². The summed E-state index contributed by atoms with van der Waals surface area (Å²) in [5.41, 5.74) is 1.52. The van der Waals surface area contributed by atoms with Gasteiger partial charge in [-0.3, -0.25) is 4.79 Å². The molecule has 1 unspecified atom stereocenters. The minimum absolute atomic E-state index is 0.290. The molecule has 1 atom stereocenters. The number of halogens is 2. The zero-order valence-corrected chi connectivity index (χ0v) is 15.7. The monoisotopic (exact) mass is 376 g/mol. The highest BCUT2D eigenvalue weighted by molar-refractivity contribution is 6.35. The number of likely N-dealkylation sites (N-methyl/N-ethyl adjacent to an activating group) is 1. The predicted octanol–water partition coefficient (Wildman–Crippen LogP) is 4.70. The van der Waals surface area contributed by atoms with Crippen molar-refractivity contribution in [3.63, 3.8) is 0 Å². The van der Waals surface area contributed by atoms with Gasteiger partial charge >= 0.3 is 6.03 Å². The molecule has 0 aliphatic carbocycles. The topological polar surface area (TPSA) is 40.6 Å². The van der Waals surface area contributed by atoms with Crippen LogP contribution in [-0.2, 0) is 11.2 Å². The van der Waals surface area contributed by atoms with Gasteiger partial charge in [-0.05, 0) is 43.2 Å². The zero-order chi connectivity index (χ0) is 18.4. The van der Waals surface area contributed by atoms with E-state index in [0.717, 1.165) is 16.0 Å². The van der Waals surface area contributed by atoms with Crippen LogP contribution >= 0.6 is 23.2 Å². The van der Waals surface area contributed by atoms with Crippen LogP contribution in [0.1, 0.15) is 18.1 Å². The molecule has 4 nitrogen and oxygen atoms in total. The largest absolute Gasteiger partial charge is 0.332 e. The van der Waals surface area contributed by atoms with Crippen LogP contribution in [0.3, 0.4) is 0 Å². The molecule has 0 spiro atoms. The number of benzene rings is 2. The normalized spacial score (nSPS) is 20.5. The van der Waals surface area contributed by atoms with E-state index in [1.165, 1.54) is 4.90 Å². The highest BCUT2D eigenvalue weighted by Crippen LogP contribution is 2.36. The summed E-state index contributed by atoms with van der Waals surface area (Å²) in [5, 5.41) is 0.747. The van der Waals surface area contributed by atoms with Crippen LogP contribution in [0.25, 0.3) is 0 Å². The number of nitrogens with zero attached hydrogens (tertiary/aromatic N) is 2. The quantitative estimate of drug-likeness (QED) is 0.728. The van der Waals surface area contributed by atoms with Crippen LogP contribution in [0.2, 0.25) is 10.0 Å². The first-order valence-corrected chi connectivity index (χ1v) is 8.62. The van der Waals surface area contributed by atoms with Gasteiger partial charge in [-0.25, -0.2) is 9.69 Å². The van der Waals surface area contributed by atoms with Crippen LogP contribution in [0, 0.1) is 6.92 Å². The summed E-state index contributed by atoms with van der Waals surface area (Å²) in [6.45, 7) is 3.78. The Hall–Kier alpha value is -2.04. The molecule has 0 saturated carbocycles. The molecular weight excluding hydrogens is 359 g/mol. The van der Waals surface area contributed by atoms with Gasteiger partial charge in [0.15, 0.2) is 0 Å². The molecule has 1 aliphatic rings. The number of imide groups is 1. The van der Waals surface area contributed by atoms with Crippen molar-refractivity contribution in [2.75, 3.05) is 11.9 Å². The Labute approximate surface area is 156 Å². The third-order valence-electron chi connectivity index (χ3n) is 4.78. The van der Waals surface area contributed by atoms with E-state index in [-0.39, 0.29) is 11.9 Å². The molecule has 6 heteroatoms. The summed E-state index contributed by atoms with van der Waals surface area (Å²) in [7, 11) is 1.64. The Balaban J connectivity index is 2.01. The molecule has 2 aromatic carbocycles. The average molecular weight is 377 g/mol. The number of amides is 3. The number of aryl methyl sites for hydroxylation is 1. The van der Waals surface area contributed by atoms with Crippen molar-refractivity contribution in [3.8, 4) is 0 Å². The van der Waals surface area contributed by atoms with Gasteiger partial charge in [0.2, 0.25) is 0 Å². The molecule has 1 saturated heterocycles. The standard InChI is InChI=1S/C19H18Cl2N2O2/c1-12-6-4-5-7-13(12)11-19(2)17(24)23(18(25)22(19)3)16-9-14(20)8-15(21)10-16/h4-10H,11H2,1-3H3. The van der Waals surface area contributed by atoms with Crippen molar-refractivity contribution in [2.45, 2.75) is 25.8 Å². The van der Waals surface area contributed by atoms with Crippen molar-refractivity contribution < 1.29 is 9.59 Å². The van der Waals surface area contributed by atoms with Crippen molar-refractivity contribution >= 4 is 40.8 Å². The summed E-state index contributed by atoms with van der Waals surface area (Å²) < 4.78 is 0. The van der Waals surface area contributed by atoms with Gasteiger partial charge in [-0.1, -0.05) is 47.5 Å². The van der Waals surface area contributed by atoms with Gasteiger partial charge in [0, 0.05) is 23.5 Å². The van der Waals surface area contributed by atoms with E-state index in [4.69, 9.17) is 23.2 Å². The Bertz CT molecular complexity index is 848. The van der Waals surface area contributed by atoms with E-state index in [2.05, 4.69) is 0 Å². The van der Waals surface area contributed by atoms with E-state index in [1.54, 1.807) is 32.2 Å². The second-order valence-electron chi connectivity index (χ2n) is 6.49. The molecular formula is C19H18Cl2N2O2. The maximum Gasteiger partial charge on any atom is 0.332 e. The van der Waals surface area contributed by atoms with Gasteiger partial charge in [0.05, 0.1) is 5.69 Å². The molecule has 3 amide bonds. The van der Waals surface area contributed by atoms with E-state index in [9.17, 15) is 9.59 Å². The number of anilines is 1. The Morgan fingerprint density at radius 3 is 2.24 bits per heavy atom. The van der Waals surface area contributed by atoms with E-state index in [0.29, 0.717) is 22.2 Å². The maximum absolute atomic E-state index is 13.2. The first-order chi connectivity index (χ1) is 11.7. The Kier molecular flexibility index (Phi) is 4.52. The van der Waals surface area contributed by atoms with Gasteiger partial charge in [0.25, 0.3) is 5.91 Å². The fraction of sp³-hybridized carbons (Fsp3) is 0.263. The molecule has 25 heavy (non-hydrogen) atoms. The Morgan fingerprint density at radius 2 is 1.64 bits per heavy atom. The summed E-state index contributed by atoms with van der Waals surface area (Å²) in [5.74, 6) is -0.290. The lowest BCUT2D eigenvalue weighted by Gasteiger charge is -2.29. The lowest BCUT2D eigenvalue weighted by atomic mass is 9.89. The fourth-order valence-corrected chi connectivity index (χ4v) is 3.62. The average Bonchev–Trinajstić information content (AvgIpc) is 2.70. The van der Waals surface area contributed by atoms with E-state index < -0.39 is 5.54 Å². The third kappa shape index (κ3) is 3.00. The number of carbonyl (C=O) groups is 2. The van der Waals surface area contributed by atoms with Crippen LogP contribution < -0.4 is 4.90 Å². The van der Waals surface area contributed by atoms with Crippen molar-refractivity contribution in [3.05, 3.63) is 63.6 Å². The smallest absolute Gasteiger partial charge is 0.312 e. The van der Waals surface area contributed by atoms with Crippen LogP contribution in [0.4, 0.5) is 10.5 Å². The molecule has 2 aromatic rings. The summed E-state index contributed by atoms with van der Waals surface area (Å²) in [4.78, 5) is 28.6. The molecule has 0 N–H and O–H groups in total. The maximum atomic E-state index is 13.2. The molecule has 0 bridgehead atoms. The summed E-state index contributed by atoms with van der Waals surface area (Å²) >= 11 is 12.1. The molecule has 1 aliphatic heterocycles. The number of hydrogen-bond donors (Lipinski definition) is 0. The van der Waals surface area contributed by atoms with Crippen molar-refractivity contribution in [2.24, 2.45) is 0 Å². The number of hydrogen-bond acceptors (Lipinski definition) is 2. The van der Waals surface area contributed by atoms with Gasteiger partial charge in [-0.2, -0.15) is 0 Å². The fourth-order valence-electron chi connectivity index (χ4n) is 3.10. The lowest BCUT2D eigenvalue weighted by molar-refractivity contribution is -0.123. The number of carbonyl (C=O) groups excluding carboxylic acids is 2. The van der Waals surface area contributed by atoms with Gasteiger partial charge in [-0.15, -0.1) is 0 Å². The van der Waals surface area contributed by atoms with Crippen molar-refractivity contribution in [1.82, 2.24) is 4.90 Å². The second-order valence-corrected chi connectivity index (χ2v) is 7.36. The van der Waals surface area contributed by atoms with Crippen LogP contribution in [0.15, 0.2) is 42.5 Å². The first kappa shape index (κ1) is 17.8. The summed E-state index contributed by atoms with van der Waals surface area (Å²) in [6, 6.07) is 12.2. The molecule has 0 radical (unpaired) electrons. The predicted molar refractivity (Wildman–Crippen MR) is 100 cm³/mol. The van der Waals surface area contributed by atoms with Crippen LogP contribution in [-0.4, -0.2) is 29.4 Å². The minimum Gasteiger partial charge on any atom is -0.312 e. The molecule has 1 fully saturated rings. The second kappa shape index (κ2) is 6.36. The van der Waals surface area contributed by atoms with Crippen molar-refractivity contribution in [1.29, 1.82) is 0 Å². The number of rotatable bonds is 3. The SMILES string of the molecule is Cc1ccccc1CC1(C)C(=O)N(c2cc(Cl)cc(Cl)c2)C(=O)N1C. The third-order valence-corrected chi connectivity index (χ3v) is 5.22. The first-order valence-electron chi connectivity index (χ1n) is 7.87. The molecule has 0 aromatic heterocycles. The lowest BCUT2D eigenvalue weighted by Crippen LogP contribution is -2.47. The molecule has 130 valence electrons. The van der Waals surface area contributed by atoms with Gasteiger partial charge in [0.1, 0.15) is 5.54 Å². The Morgan fingerprint density at radius 1 is 1.04 bits per heavy atom. The minimum atomic E-state index is -0.974. The molecule has 3 rings (SSSR count). The highest BCUT2D eigenvalue weighted by atomic mass is 35.5. The highest BCUT2D eigenvalue weighted by Gasteiger charge is 2.53. The summed E-state index contributed by atoms with van der Waals surface area (Å²) in [6.07, 6.45) is 0.436. The number of urea groups is 1. The zero-order valence-electron chi connectivity index (χ0n) is 14.2. The van der Waals surface area contributed by atoms with E-state index >= 15 is 0 Å². The van der Waals surface area contributed by atoms with Crippen LogP contribution in [0.5, 0.6) is 0 Å². The molecule has 1 heterocycles. The van der Waals surface area contributed by atoms with Gasteiger partial charge < -0.3 is 4.90 Å².